The van der Waals surface area contributed by atoms with E-state index in [0.717, 1.165) is 32.5 Å². The number of benzene rings is 2. The lowest BCUT2D eigenvalue weighted by Crippen LogP contribution is -2.77. The Kier molecular flexibility index (Phi) is 6.54. The molecule has 0 radical (unpaired) electrons. The van der Waals surface area contributed by atoms with Crippen LogP contribution < -0.4 is 10.4 Å². The van der Waals surface area contributed by atoms with Crippen molar-refractivity contribution in [2.45, 2.75) is 55.5 Å². The second-order valence-electron chi connectivity index (χ2n) is 8.67. The summed E-state index contributed by atoms with van der Waals surface area (Å²) < 4.78 is 13.9. The summed E-state index contributed by atoms with van der Waals surface area (Å²) >= 11 is 0. The Labute approximate surface area is 179 Å². The summed E-state index contributed by atoms with van der Waals surface area (Å²) in [5, 5.41) is 2.59. The number of rotatable bonds is 6. The van der Waals surface area contributed by atoms with E-state index in [1.165, 1.54) is 29.6 Å². The first-order valence-electron chi connectivity index (χ1n) is 11.2. The third-order valence-electron chi connectivity index (χ3n) is 7.14. The molecule has 0 aromatic heterocycles. The molecule has 2 aromatic carbocycles. The van der Waals surface area contributed by atoms with E-state index in [1.54, 1.807) is 0 Å². The maximum atomic E-state index is 7.03. The Morgan fingerprint density at radius 3 is 1.66 bits per heavy atom. The minimum atomic E-state index is -1.74. The predicted molar refractivity (Wildman–Crippen MR) is 128 cm³/mol. The van der Waals surface area contributed by atoms with Crippen LogP contribution in [0.3, 0.4) is 0 Å². The van der Waals surface area contributed by atoms with Crippen LogP contribution in [0.1, 0.15) is 38.5 Å². The van der Waals surface area contributed by atoms with Crippen LogP contribution in [0.4, 0.5) is 0 Å². The SMILES string of the molecule is C=C[SiH](C)C1(C2([SiH](c3ccccc3)c3ccccc3)CCCCO2)CCCCO1. The Morgan fingerprint density at radius 1 is 0.759 bits per heavy atom. The van der Waals surface area contributed by atoms with Crippen molar-refractivity contribution < 1.29 is 9.47 Å². The van der Waals surface area contributed by atoms with E-state index >= 15 is 0 Å². The third kappa shape index (κ3) is 3.72. The van der Waals surface area contributed by atoms with E-state index in [-0.39, 0.29) is 10.4 Å². The monoisotopic (exact) mass is 422 g/mol. The zero-order valence-corrected chi connectivity index (χ0v) is 20.0. The van der Waals surface area contributed by atoms with Gasteiger partial charge >= 0.3 is 0 Å². The van der Waals surface area contributed by atoms with E-state index in [9.17, 15) is 0 Å². The molecule has 3 atom stereocenters. The molecule has 0 saturated carbocycles. The molecule has 2 heterocycles. The van der Waals surface area contributed by atoms with Crippen LogP contribution in [0, 0.1) is 0 Å². The van der Waals surface area contributed by atoms with Crippen molar-refractivity contribution in [2.75, 3.05) is 13.2 Å². The molecule has 2 saturated heterocycles. The second-order valence-corrected chi connectivity index (χ2v) is 14.8. The highest BCUT2D eigenvalue weighted by Crippen LogP contribution is 2.46. The van der Waals surface area contributed by atoms with Gasteiger partial charge in [0.1, 0.15) is 8.80 Å². The van der Waals surface area contributed by atoms with Crippen LogP contribution in [0.25, 0.3) is 0 Å². The molecule has 2 aliphatic heterocycles. The molecule has 0 bridgehead atoms. The van der Waals surface area contributed by atoms with Crippen LogP contribution in [0.15, 0.2) is 72.9 Å². The van der Waals surface area contributed by atoms with E-state index < -0.39 is 17.6 Å². The number of hydrogen-bond donors (Lipinski definition) is 0. The lowest BCUT2D eigenvalue weighted by Gasteiger charge is -2.58. The van der Waals surface area contributed by atoms with Gasteiger partial charge in [-0.05, 0) is 38.5 Å². The lowest BCUT2D eigenvalue weighted by molar-refractivity contribution is -0.163. The molecule has 0 amide bonds. The first-order valence-corrected chi connectivity index (χ1v) is 15.4. The highest BCUT2D eigenvalue weighted by atomic mass is 28.3. The molecule has 154 valence electrons. The smallest absolute Gasteiger partial charge is 0.141 e. The maximum absolute atomic E-state index is 7.03. The summed E-state index contributed by atoms with van der Waals surface area (Å²) in [5.41, 5.74) is 2.24. The predicted octanol–water partition coefficient (Wildman–Crippen LogP) is 3.57. The normalized spacial score (nSPS) is 28.8. The standard InChI is InChI=1S/C25H34O2Si2/c1-3-28(2)24(18-10-12-20-26-24)25(19-11-13-21-27-25)29(22-14-6-4-7-15-22)23-16-8-5-9-17-23/h3-9,14-17,28-29H,1,10-13,18-21H2,2H3. The fraction of sp³-hybridized carbons (Fsp3) is 0.440. The van der Waals surface area contributed by atoms with Gasteiger partial charge < -0.3 is 9.47 Å². The van der Waals surface area contributed by atoms with Crippen LogP contribution in [-0.2, 0) is 9.47 Å². The van der Waals surface area contributed by atoms with Gasteiger partial charge in [-0.15, -0.1) is 12.3 Å². The van der Waals surface area contributed by atoms with Crippen molar-refractivity contribution in [3.05, 3.63) is 72.9 Å². The number of hydrogen-bond acceptors (Lipinski definition) is 2. The van der Waals surface area contributed by atoms with Crippen molar-refractivity contribution in [1.82, 2.24) is 0 Å². The molecule has 0 spiro atoms. The minimum absolute atomic E-state index is 0.157. The lowest BCUT2D eigenvalue weighted by atomic mass is 9.96. The topological polar surface area (TPSA) is 18.5 Å². The van der Waals surface area contributed by atoms with Crippen LogP contribution in [0.5, 0.6) is 0 Å². The van der Waals surface area contributed by atoms with Crippen molar-refractivity contribution in [3.63, 3.8) is 0 Å². The van der Waals surface area contributed by atoms with E-state index in [2.05, 4.69) is 79.5 Å². The van der Waals surface area contributed by atoms with Crippen LogP contribution >= 0.6 is 0 Å². The van der Waals surface area contributed by atoms with Crippen LogP contribution in [-0.4, -0.2) is 41.3 Å². The van der Waals surface area contributed by atoms with Gasteiger partial charge in [0, 0.05) is 13.2 Å². The molecule has 2 nitrogen and oxygen atoms in total. The molecule has 0 N–H and O–H groups in total. The van der Waals surface area contributed by atoms with Gasteiger partial charge in [-0.2, -0.15) is 0 Å². The van der Waals surface area contributed by atoms with Crippen molar-refractivity contribution >= 4 is 28.0 Å². The summed E-state index contributed by atoms with van der Waals surface area (Å²) in [6, 6.07) is 22.4. The Hall–Kier alpha value is -1.47. The fourth-order valence-electron chi connectivity index (χ4n) is 5.73. The molecular formula is C25H34O2Si2. The Morgan fingerprint density at radius 2 is 1.24 bits per heavy atom. The molecule has 2 aliphatic rings. The summed E-state index contributed by atoms with van der Waals surface area (Å²) in [6.07, 6.45) is 7.02. The Bertz CT molecular complexity index is 741. The summed E-state index contributed by atoms with van der Waals surface area (Å²) in [5.74, 6) is 0. The van der Waals surface area contributed by atoms with E-state index in [0.29, 0.717) is 0 Å². The Balaban J connectivity index is 1.94. The highest BCUT2D eigenvalue weighted by Gasteiger charge is 2.61. The average molecular weight is 423 g/mol. The summed E-state index contributed by atoms with van der Waals surface area (Å²) in [7, 11) is -3.13. The van der Waals surface area contributed by atoms with Gasteiger partial charge in [0.15, 0.2) is 0 Å². The van der Waals surface area contributed by atoms with Gasteiger partial charge in [0.05, 0.1) is 19.2 Å². The van der Waals surface area contributed by atoms with E-state index in [1.807, 2.05) is 0 Å². The minimum Gasteiger partial charge on any atom is -0.376 e. The van der Waals surface area contributed by atoms with Crippen molar-refractivity contribution in [1.29, 1.82) is 0 Å². The zero-order chi connectivity index (χ0) is 20.2. The third-order valence-corrected chi connectivity index (χ3v) is 14.6. The van der Waals surface area contributed by atoms with Gasteiger partial charge in [0.2, 0.25) is 0 Å². The van der Waals surface area contributed by atoms with E-state index in [4.69, 9.17) is 9.47 Å². The van der Waals surface area contributed by atoms with Gasteiger partial charge in [-0.1, -0.05) is 77.6 Å². The molecule has 4 rings (SSSR count). The van der Waals surface area contributed by atoms with Crippen molar-refractivity contribution in [2.24, 2.45) is 0 Å². The maximum Gasteiger partial charge on any atom is 0.141 e. The summed E-state index contributed by atoms with van der Waals surface area (Å²) in [4.78, 5) is 0. The molecule has 2 fully saturated rings. The zero-order valence-electron chi connectivity index (χ0n) is 17.7. The molecule has 29 heavy (non-hydrogen) atoms. The van der Waals surface area contributed by atoms with Gasteiger partial charge in [-0.3, -0.25) is 0 Å². The van der Waals surface area contributed by atoms with Crippen molar-refractivity contribution in [3.8, 4) is 0 Å². The number of ether oxygens (including phenoxy) is 2. The van der Waals surface area contributed by atoms with Gasteiger partial charge in [0.25, 0.3) is 0 Å². The van der Waals surface area contributed by atoms with Gasteiger partial charge in [-0.25, -0.2) is 0 Å². The summed E-state index contributed by atoms with van der Waals surface area (Å²) in [6.45, 7) is 8.40. The quantitative estimate of drug-likeness (QED) is 0.663. The molecule has 2 aromatic rings. The molecule has 4 heteroatoms. The highest BCUT2D eigenvalue weighted by molar-refractivity contribution is 6.89. The van der Waals surface area contributed by atoms with Crippen LogP contribution in [0.2, 0.25) is 6.55 Å². The molecular weight excluding hydrogens is 388 g/mol. The molecule has 3 unspecified atom stereocenters. The fourth-order valence-corrected chi connectivity index (χ4v) is 13.6. The first kappa shape index (κ1) is 20.8. The first-order chi connectivity index (χ1) is 14.2. The average Bonchev–Trinajstić information content (AvgIpc) is 2.81. The molecule has 0 aliphatic carbocycles. The largest absolute Gasteiger partial charge is 0.376 e. The second kappa shape index (κ2) is 9.13.